The van der Waals surface area contributed by atoms with Crippen molar-refractivity contribution in [1.29, 1.82) is 0 Å². The van der Waals surface area contributed by atoms with Crippen molar-refractivity contribution in [2.24, 2.45) is 5.41 Å². The van der Waals surface area contributed by atoms with Gasteiger partial charge in [-0.25, -0.2) is 0 Å². The lowest BCUT2D eigenvalue weighted by atomic mass is 9.70. The second kappa shape index (κ2) is 4.98. The normalized spacial score (nSPS) is 28.4. The second-order valence-corrected chi connectivity index (χ2v) is 7.56. The molecule has 1 fully saturated rings. The molecule has 0 radical (unpaired) electrons. The van der Waals surface area contributed by atoms with Crippen molar-refractivity contribution in [2.75, 3.05) is 11.9 Å². The quantitative estimate of drug-likeness (QED) is 0.837. The number of hydrogen-bond donors (Lipinski definition) is 1. The SMILES string of the molecule is CC1(C)CCCC(C)(Oc2cccc3c2CCCN3)C1. The molecule has 0 aromatic heterocycles. The van der Waals surface area contributed by atoms with Crippen LogP contribution in [0.4, 0.5) is 5.69 Å². The summed E-state index contributed by atoms with van der Waals surface area (Å²) < 4.78 is 6.54. The minimum absolute atomic E-state index is 0.00563. The zero-order valence-electron chi connectivity index (χ0n) is 13.1. The summed E-state index contributed by atoms with van der Waals surface area (Å²) in [5.41, 5.74) is 3.05. The van der Waals surface area contributed by atoms with Crippen LogP contribution in [0.5, 0.6) is 5.75 Å². The van der Waals surface area contributed by atoms with Gasteiger partial charge in [0.2, 0.25) is 0 Å². The highest BCUT2D eigenvalue weighted by atomic mass is 16.5. The van der Waals surface area contributed by atoms with Crippen LogP contribution < -0.4 is 10.1 Å². The lowest BCUT2D eigenvalue weighted by Gasteiger charge is -2.43. The van der Waals surface area contributed by atoms with Gasteiger partial charge in [-0.3, -0.25) is 0 Å². The topological polar surface area (TPSA) is 21.3 Å². The molecule has 3 rings (SSSR count). The zero-order valence-corrected chi connectivity index (χ0v) is 13.1. The van der Waals surface area contributed by atoms with Crippen LogP contribution in [0, 0.1) is 5.41 Å². The molecule has 2 nitrogen and oxygen atoms in total. The van der Waals surface area contributed by atoms with Gasteiger partial charge >= 0.3 is 0 Å². The third-order valence-corrected chi connectivity index (χ3v) is 4.82. The number of benzene rings is 1. The van der Waals surface area contributed by atoms with E-state index in [4.69, 9.17) is 4.74 Å². The molecule has 0 bridgehead atoms. The summed E-state index contributed by atoms with van der Waals surface area (Å²) in [6, 6.07) is 6.44. The lowest BCUT2D eigenvalue weighted by molar-refractivity contribution is -0.00202. The summed E-state index contributed by atoms with van der Waals surface area (Å²) in [5.74, 6) is 1.11. The highest BCUT2D eigenvalue weighted by Gasteiger charge is 2.38. The van der Waals surface area contributed by atoms with E-state index in [1.54, 1.807) is 0 Å². The molecule has 1 atom stereocenters. The largest absolute Gasteiger partial charge is 0.487 e. The van der Waals surface area contributed by atoms with E-state index < -0.39 is 0 Å². The number of anilines is 1. The first kappa shape index (κ1) is 13.8. The van der Waals surface area contributed by atoms with Gasteiger partial charge in [0.05, 0.1) is 0 Å². The first-order valence-corrected chi connectivity index (χ1v) is 8.02. The van der Waals surface area contributed by atoms with Crippen molar-refractivity contribution in [1.82, 2.24) is 0 Å². The third-order valence-electron chi connectivity index (χ3n) is 4.82. The fraction of sp³-hybridized carbons (Fsp3) is 0.667. The van der Waals surface area contributed by atoms with E-state index in [0.717, 1.165) is 25.1 Å². The Morgan fingerprint density at radius 1 is 1.10 bits per heavy atom. The Bertz CT molecular complexity index is 494. The first-order chi connectivity index (χ1) is 9.48. The van der Waals surface area contributed by atoms with Crippen LogP contribution in [0.3, 0.4) is 0 Å². The van der Waals surface area contributed by atoms with Crippen molar-refractivity contribution in [2.45, 2.75) is 64.9 Å². The molecule has 2 aliphatic rings. The number of hydrogen-bond acceptors (Lipinski definition) is 2. The van der Waals surface area contributed by atoms with Crippen molar-refractivity contribution in [3.05, 3.63) is 23.8 Å². The molecule has 1 aliphatic heterocycles. The Hall–Kier alpha value is -1.18. The molecule has 1 aromatic carbocycles. The molecule has 20 heavy (non-hydrogen) atoms. The Kier molecular flexibility index (Phi) is 3.43. The third kappa shape index (κ3) is 2.79. The minimum atomic E-state index is -0.00563. The predicted octanol–water partition coefficient (Wildman–Crippen LogP) is 4.78. The van der Waals surface area contributed by atoms with Gasteiger partial charge in [0.1, 0.15) is 11.4 Å². The fourth-order valence-electron chi connectivity index (χ4n) is 4.06. The molecule has 2 heteroatoms. The Labute approximate surface area is 122 Å². The monoisotopic (exact) mass is 273 g/mol. The smallest absolute Gasteiger partial charge is 0.125 e. The molecule has 1 heterocycles. The average molecular weight is 273 g/mol. The molecule has 0 saturated heterocycles. The Morgan fingerprint density at radius 2 is 1.95 bits per heavy atom. The first-order valence-electron chi connectivity index (χ1n) is 8.02. The van der Waals surface area contributed by atoms with Crippen molar-refractivity contribution >= 4 is 5.69 Å². The van der Waals surface area contributed by atoms with Gasteiger partial charge in [0.25, 0.3) is 0 Å². The highest BCUT2D eigenvalue weighted by Crippen LogP contribution is 2.44. The van der Waals surface area contributed by atoms with E-state index in [9.17, 15) is 0 Å². The number of rotatable bonds is 2. The fourth-order valence-corrected chi connectivity index (χ4v) is 4.06. The molecule has 0 amide bonds. The summed E-state index contributed by atoms with van der Waals surface area (Å²) in [7, 11) is 0. The second-order valence-electron chi connectivity index (χ2n) is 7.56. The van der Waals surface area contributed by atoms with Crippen LogP contribution in [0.25, 0.3) is 0 Å². The zero-order chi connectivity index (χ0) is 14.2. The van der Waals surface area contributed by atoms with Gasteiger partial charge in [-0.05, 0) is 63.0 Å². The van der Waals surface area contributed by atoms with E-state index in [0.29, 0.717) is 5.41 Å². The summed E-state index contributed by atoms with van der Waals surface area (Å²) in [6.07, 6.45) is 7.26. The van der Waals surface area contributed by atoms with E-state index in [1.165, 1.54) is 36.9 Å². The molecule has 1 aromatic rings. The number of ether oxygens (including phenoxy) is 1. The standard InChI is InChI=1S/C18H27NO/c1-17(2)10-6-11-18(3,13-17)20-16-9-4-8-15-14(16)7-5-12-19-15/h4,8-9,19H,5-7,10-13H2,1-3H3. The molecule has 1 N–H and O–H groups in total. The Morgan fingerprint density at radius 3 is 2.75 bits per heavy atom. The van der Waals surface area contributed by atoms with Crippen LogP contribution in [0.1, 0.15) is 58.4 Å². The van der Waals surface area contributed by atoms with Gasteiger partial charge < -0.3 is 10.1 Å². The molecule has 1 aliphatic carbocycles. The van der Waals surface area contributed by atoms with Crippen molar-refractivity contribution < 1.29 is 4.74 Å². The predicted molar refractivity (Wildman–Crippen MR) is 84.5 cm³/mol. The van der Waals surface area contributed by atoms with Crippen LogP contribution in [0.15, 0.2) is 18.2 Å². The van der Waals surface area contributed by atoms with E-state index in [-0.39, 0.29) is 5.60 Å². The maximum Gasteiger partial charge on any atom is 0.125 e. The van der Waals surface area contributed by atoms with Crippen LogP contribution >= 0.6 is 0 Å². The van der Waals surface area contributed by atoms with Gasteiger partial charge in [0, 0.05) is 17.8 Å². The summed E-state index contributed by atoms with van der Waals surface area (Å²) >= 11 is 0. The van der Waals surface area contributed by atoms with Gasteiger partial charge in [-0.15, -0.1) is 0 Å². The number of nitrogens with one attached hydrogen (secondary N) is 1. The minimum Gasteiger partial charge on any atom is -0.487 e. The average Bonchev–Trinajstić information content (AvgIpc) is 2.37. The van der Waals surface area contributed by atoms with Gasteiger partial charge in [-0.2, -0.15) is 0 Å². The summed E-state index contributed by atoms with van der Waals surface area (Å²) in [5, 5.41) is 3.49. The van der Waals surface area contributed by atoms with Crippen LogP contribution in [0.2, 0.25) is 0 Å². The molecular weight excluding hydrogens is 246 g/mol. The van der Waals surface area contributed by atoms with E-state index in [1.807, 2.05) is 0 Å². The Balaban J connectivity index is 1.84. The van der Waals surface area contributed by atoms with Crippen molar-refractivity contribution in [3.63, 3.8) is 0 Å². The molecular formula is C18H27NO. The van der Waals surface area contributed by atoms with Gasteiger partial charge in [-0.1, -0.05) is 19.9 Å². The lowest BCUT2D eigenvalue weighted by Crippen LogP contribution is -2.41. The number of fused-ring (bicyclic) bond motifs is 1. The van der Waals surface area contributed by atoms with Crippen LogP contribution in [-0.4, -0.2) is 12.1 Å². The molecule has 1 unspecified atom stereocenters. The van der Waals surface area contributed by atoms with E-state index in [2.05, 4.69) is 44.3 Å². The summed E-state index contributed by atoms with van der Waals surface area (Å²) in [4.78, 5) is 0. The molecule has 110 valence electrons. The maximum absolute atomic E-state index is 6.54. The molecule has 0 spiro atoms. The van der Waals surface area contributed by atoms with Crippen LogP contribution in [-0.2, 0) is 6.42 Å². The maximum atomic E-state index is 6.54. The summed E-state index contributed by atoms with van der Waals surface area (Å²) in [6.45, 7) is 8.12. The van der Waals surface area contributed by atoms with Gasteiger partial charge in [0.15, 0.2) is 0 Å². The van der Waals surface area contributed by atoms with E-state index >= 15 is 0 Å². The molecule has 1 saturated carbocycles. The highest BCUT2D eigenvalue weighted by molar-refractivity contribution is 5.59. The van der Waals surface area contributed by atoms with Crippen molar-refractivity contribution in [3.8, 4) is 5.75 Å².